The molecule has 0 radical (unpaired) electrons. The summed E-state index contributed by atoms with van der Waals surface area (Å²) in [6.45, 7) is 5.05. The molecule has 6 heteroatoms. The fourth-order valence-corrected chi connectivity index (χ4v) is 2.26. The molecule has 122 valence electrons. The van der Waals surface area contributed by atoms with Crippen LogP contribution in [0.5, 0.6) is 0 Å². The molecule has 0 atom stereocenters. The minimum atomic E-state index is -0.0751. The third kappa shape index (κ3) is 6.15. The van der Waals surface area contributed by atoms with Gasteiger partial charge in [-0.25, -0.2) is 0 Å². The number of nitrogens with one attached hydrogen (secondary N) is 1. The lowest BCUT2D eigenvalue weighted by atomic mass is 10.2. The summed E-state index contributed by atoms with van der Waals surface area (Å²) in [5.74, 6) is -0.134. The highest BCUT2D eigenvalue weighted by Crippen LogP contribution is 2.23. The van der Waals surface area contributed by atoms with Gasteiger partial charge < -0.3 is 15.0 Å². The second kappa shape index (κ2) is 9.58. The molecule has 0 saturated carbocycles. The maximum atomic E-state index is 11.8. The van der Waals surface area contributed by atoms with Gasteiger partial charge in [0.15, 0.2) is 0 Å². The van der Waals surface area contributed by atoms with Gasteiger partial charge in [-0.15, -0.1) is 0 Å². The number of ether oxygens (including phenoxy) is 1. The van der Waals surface area contributed by atoms with Gasteiger partial charge in [-0.1, -0.05) is 15.9 Å². The summed E-state index contributed by atoms with van der Waals surface area (Å²) in [6, 6.07) is 5.71. The van der Waals surface area contributed by atoms with Crippen molar-refractivity contribution in [3.63, 3.8) is 0 Å². The largest absolute Gasteiger partial charge is 0.385 e. The number of benzene rings is 1. The molecule has 0 fully saturated rings. The number of anilines is 1. The van der Waals surface area contributed by atoms with Crippen LogP contribution in [0.2, 0.25) is 0 Å². The number of halogens is 1. The van der Waals surface area contributed by atoms with Gasteiger partial charge in [0.2, 0.25) is 11.8 Å². The van der Waals surface area contributed by atoms with E-state index in [1.165, 1.54) is 6.92 Å². The van der Waals surface area contributed by atoms with E-state index in [-0.39, 0.29) is 18.2 Å². The predicted octanol–water partition coefficient (Wildman–Crippen LogP) is 2.65. The summed E-state index contributed by atoms with van der Waals surface area (Å²) in [7, 11) is 1.63. The summed E-state index contributed by atoms with van der Waals surface area (Å²) >= 11 is 3.44. The van der Waals surface area contributed by atoms with Crippen LogP contribution in [0.3, 0.4) is 0 Å². The maximum absolute atomic E-state index is 11.8. The molecule has 0 bridgehead atoms. The fraction of sp³-hybridized carbons (Fsp3) is 0.500. The molecule has 5 nitrogen and oxygen atoms in total. The van der Waals surface area contributed by atoms with E-state index in [4.69, 9.17) is 4.74 Å². The van der Waals surface area contributed by atoms with Gasteiger partial charge in [0.25, 0.3) is 0 Å². The topological polar surface area (TPSA) is 58.6 Å². The van der Waals surface area contributed by atoms with Crippen LogP contribution in [0.4, 0.5) is 5.69 Å². The Bertz CT molecular complexity index is 520. The Balaban J connectivity index is 2.56. The lowest BCUT2D eigenvalue weighted by molar-refractivity contribution is -0.121. The summed E-state index contributed by atoms with van der Waals surface area (Å²) in [4.78, 5) is 25.2. The summed E-state index contributed by atoms with van der Waals surface area (Å²) in [6.07, 6.45) is 1.06. The standard InChI is InChI=1S/C16H23BrN2O3/c1-12-11-14(5-6-15(12)17)19(13(2)20)9-7-16(21)18-8-4-10-22-3/h5-6,11H,4,7-10H2,1-3H3,(H,18,21). The Morgan fingerprint density at radius 1 is 1.36 bits per heavy atom. The zero-order chi connectivity index (χ0) is 16.5. The van der Waals surface area contributed by atoms with E-state index in [2.05, 4.69) is 21.2 Å². The number of hydrogen-bond acceptors (Lipinski definition) is 3. The molecule has 0 heterocycles. The van der Waals surface area contributed by atoms with Gasteiger partial charge in [0.05, 0.1) is 0 Å². The van der Waals surface area contributed by atoms with Crippen LogP contribution in [0.1, 0.15) is 25.3 Å². The van der Waals surface area contributed by atoms with Crippen molar-refractivity contribution in [3.05, 3.63) is 28.2 Å². The van der Waals surface area contributed by atoms with E-state index in [0.29, 0.717) is 19.7 Å². The highest BCUT2D eigenvalue weighted by atomic mass is 79.9. The van der Waals surface area contributed by atoms with E-state index < -0.39 is 0 Å². The zero-order valence-electron chi connectivity index (χ0n) is 13.3. The smallest absolute Gasteiger partial charge is 0.223 e. The Morgan fingerprint density at radius 2 is 2.09 bits per heavy atom. The van der Waals surface area contributed by atoms with Gasteiger partial charge >= 0.3 is 0 Å². The SMILES string of the molecule is COCCCNC(=O)CCN(C(C)=O)c1ccc(Br)c(C)c1. The molecule has 1 aromatic rings. The molecule has 1 N–H and O–H groups in total. The Hall–Kier alpha value is -1.40. The molecule has 0 aromatic heterocycles. The number of amides is 2. The molecule has 0 spiro atoms. The number of carbonyl (C=O) groups excluding carboxylic acids is 2. The Kier molecular flexibility index (Phi) is 8.12. The molecule has 0 aliphatic heterocycles. The zero-order valence-corrected chi connectivity index (χ0v) is 14.9. The van der Waals surface area contributed by atoms with Crippen LogP contribution < -0.4 is 10.2 Å². The molecule has 22 heavy (non-hydrogen) atoms. The van der Waals surface area contributed by atoms with Crippen molar-refractivity contribution in [2.75, 3.05) is 31.7 Å². The van der Waals surface area contributed by atoms with Gasteiger partial charge in [-0.2, -0.15) is 0 Å². The van der Waals surface area contributed by atoms with Crippen molar-refractivity contribution in [3.8, 4) is 0 Å². The normalized spacial score (nSPS) is 10.4. The summed E-state index contributed by atoms with van der Waals surface area (Å²) in [5.41, 5.74) is 1.85. The number of aryl methyl sites for hydroxylation is 1. The van der Waals surface area contributed by atoms with Crippen molar-refractivity contribution >= 4 is 33.4 Å². The molecule has 2 amide bonds. The van der Waals surface area contributed by atoms with E-state index in [0.717, 1.165) is 22.1 Å². The highest BCUT2D eigenvalue weighted by molar-refractivity contribution is 9.10. The first-order chi connectivity index (χ1) is 10.5. The van der Waals surface area contributed by atoms with Gasteiger partial charge in [0.1, 0.15) is 0 Å². The molecule has 0 aliphatic rings. The van der Waals surface area contributed by atoms with Crippen LogP contribution >= 0.6 is 15.9 Å². The average molecular weight is 371 g/mol. The van der Waals surface area contributed by atoms with Crippen LogP contribution in [0, 0.1) is 6.92 Å². The van der Waals surface area contributed by atoms with Gasteiger partial charge in [0, 0.05) is 50.3 Å². The van der Waals surface area contributed by atoms with Crippen molar-refractivity contribution in [1.82, 2.24) is 5.32 Å². The molecule has 0 saturated heterocycles. The van der Waals surface area contributed by atoms with Crippen LogP contribution in [0.25, 0.3) is 0 Å². The Labute approximate surface area is 140 Å². The minimum absolute atomic E-state index is 0.0591. The fourth-order valence-electron chi connectivity index (χ4n) is 2.01. The number of rotatable bonds is 8. The second-order valence-electron chi connectivity index (χ2n) is 5.05. The lowest BCUT2D eigenvalue weighted by Gasteiger charge is -2.21. The number of methoxy groups -OCH3 is 1. The van der Waals surface area contributed by atoms with Crippen molar-refractivity contribution in [2.24, 2.45) is 0 Å². The van der Waals surface area contributed by atoms with E-state index in [1.807, 2.05) is 25.1 Å². The summed E-state index contributed by atoms with van der Waals surface area (Å²) < 4.78 is 5.92. The van der Waals surface area contributed by atoms with Crippen molar-refractivity contribution in [2.45, 2.75) is 26.7 Å². The molecule has 0 aliphatic carbocycles. The number of hydrogen-bond donors (Lipinski definition) is 1. The van der Waals surface area contributed by atoms with E-state index in [1.54, 1.807) is 12.0 Å². The quantitative estimate of drug-likeness (QED) is 0.715. The molecular weight excluding hydrogens is 348 g/mol. The van der Waals surface area contributed by atoms with Crippen molar-refractivity contribution in [1.29, 1.82) is 0 Å². The third-order valence-electron chi connectivity index (χ3n) is 3.24. The second-order valence-corrected chi connectivity index (χ2v) is 5.90. The molecule has 1 aromatic carbocycles. The van der Waals surface area contributed by atoms with Crippen LogP contribution in [-0.4, -0.2) is 38.6 Å². The number of nitrogens with zero attached hydrogens (tertiary/aromatic N) is 1. The average Bonchev–Trinajstić information content (AvgIpc) is 2.47. The minimum Gasteiger partial charge on any atom is -0.385 e. The molecule has 1 rings (SSSR count). The third-order valence-corrected chi connectivity index (χ3v) is 4.13. The Morgan fingerprint density at radius 3 is 2.68 bits per heavy atom. The van der Waals surface area contributed by atoms with E-state index >= 15 is 0 Å². The van der Waals surface area contributed by atoms with Crippen LogP contribution in [-0.2, 0) is 14.3 Å². The molecule has 0 unspecified atom stereocenters. The van der Waals surface area contributed by atoms with Crippen LogP contribution in [0.15, 0.2) is 22.7 Å². The predicted molar refractivity (Wildman–Crippen MR) is 91.0 cm³/mol. The molecular formula is C16H23BrN2O3. The first-order valence-corrected chi connectivity index (χ1v) is 8.05. The lowest BCUT2D eigenvalue weighted by Crippen LogP contribution is -2.34. The maximum Gasteiger partial charge on any atom is 0.223 e. The number of carbonyl (C=O) groups is 2. The van der Waals surface area contributed by atoms with E-state index in [9.17, 15) is 9.59 Å². The van der Waals surface area contributed by atoms with Gasteiger partial charge in [-0.3, -0.25) is 9.59 Å². The summed E-state index contributed by atoms with van der Waals surface area (Å²) in [5, 5.41) is 2.82. The van der Waals surface area contributed by atoms with Gasteiger partial charge in [-0.05, 0) is 37.1 Å². The monoisotopic (exact) mass is 370 g/mol. The first kappa shape index (κ1) is 18.6. The van der Waals surface area contributed by atoms with Crippen molar-refractivity contribution < 1.29 is 14.3 Å². The highest BCUT2D eigenvalue weighted by Gasteiger charge is 2.14. The first-order valence-electron chi connectivity index (χ1n) is 7.25.